The second-order valence-electron chi connectivity index (χ2n) is 5.47. The highest BCUT2D eigenvalue weighted by Crippen LogP contribution is 2.28. The Morgan fingerprint density at radius 2 is 1.19 bits per heavy atom. The summed E-state index contributed by atoms with van der Waals surface area (Å²) < 4.78 is 0. The highest BCUT2D eigenvalue weighted by molar-refractivity contribution is 9.09. The molecule has 0 bridgehead atoms. The van der Waals surface area contributed by atoms with Crippen LogP contribution in [0.1, 0.15) is 24.0 Å². The van der Waals surface area contributed by atoms with Gasteiger partial charge in [-0.15, -0.1) is 0 Å². The average Bonchev–Trinajstić information content (AvgIpc) is 2.88. The van der Waals surface area contributed by atoms with Gasteiger partial charge in [-0.05, 0) is 61.1 Å². The Balaban J connectivity index is 2.03. The minimum absolute atomic E-state index is 1.07. The first-order valence-electron chi connectivity index (χ1n) is 7.47. The largest absolute Gasteiger partial charge is 0.355 e. The standard InChI is InChI=1S/C18H19Br2N/c19-9-1-3-13-5-7-17-15(11-13)16-12-14(4-2-10-20)6-8-18(16)21-17/h5-8,11-12,21H,1-4,9-10H2. The number of fused-ring (bicyclic) bond motifs is 3. The van der Waals surface area contributed by atoms with E-state index in [-0.39, 0.29) is 0 Å². The Morgan fingerprint density at radius 1 is 0.714 bits per heavy atom. The van der Waals surface area contributed by atoms with Crippen LogP contribution in [0.15, 0.2) is 36.4 Å². The van der Waals surface area contributed by atoms with Crippen molar-refractivity contribution >= 4 is 53.7 Å². The minimum atomic E-state index is 1.07. The van der Waals surface area contributed by atoms with Crippen molar-refractivity contribution in [3.63, 3.8) is 0 Å². The van der Waals surface area contributed by atoms with Gasteiger partial charge < -0.3 is 4.98 Å². The summed E-state index contributed by atoms with van der Waals surface area (Å²) in [5.74, 6) is 0. The molecular weight excluding hydrogens is 390 g/mol. The van der Waals surface area contributed by atoms with Gasteiger partial charge in [0.15, 0.2) is 0 Å². The van der Waals surface area contributed by atoms with Gasteiger partial charge in [-0.3, -0.25) is 0 Å². The molecule has 0 unspecified atom stereocenters. The van der Waals surface area contributed by atoms with Crippen molar-refractivity contribution in [3.05, 3.63) is 47.5 Å². The van der Waals surface area contributed by atoms with Gasteiger partial charge >= 0.3 is 0 Å². The number of aromatic amines is 1. The summed E-state index contributed by atoms with van der Waals surface area (Å²) in [6, 6.07) is 13.6. The summed E-state index contributed by atoms with van der Waals surface area (Å²) in [6.45, 7) is 0. The summed E-state index contributed by atoms with van der Waals surface area (Å²) in [4.78, 5) is 3.53. The number of hydrogen-bond acceptors (Lipinski definition) is 0. The van der Waals surface area contributed by atoms with Gasteiger partial charge in [-0.1, -0.05) is 44.0 Å². The zero-order valence-corrected chi connectivity index (χ0v) is 15.1. The monoisotopic (exact) mass is 407 g/mol. The lowest BCUT2D eigenvalue weighted by Gasteiger charge is -2.01. The number of aromatic nitrogens is 1. The third-order valence-electron chi connectivity index (χ3n) is 3.93. The fourth-order valence-electron chi connectivity index (χ4n) is 2.84. The van der Waals surface area contributed by atoms with Crippen molar-refractivity contribution < 1.29 is 0 Å². The molecule has 21 heavy (non-hydrogen) atoms. The lowest BCUT2D eigenvalue weighted by Crippen LogP contribution is -1.86. The normalized spacial score (nSPS) is 11.5. The Labute approximate surface area is 142 Å². The fourth-order valence-corrected chi connectivity index (χ4v) is 3.41. The van der Waals surface area contributed by atoms with Crippen LogP contribution in [0.4, 0.5) is 0 Å². The first-order chi connectivity index (χ1) is 10.3. The van der Waals surface area contributed by atoms with Crippen molar-refractivity contribution in [1.29, 1.82) is 0 Å². The first-order valence-corrected chi connectivity index (χ1v) is 9.71. The van der Waals surface area contributed by atoms with E-state index in [1.165, 1.54) is 45.8 Å². The van der Waals surface area contributed by atoms with E-state index in [2.05, 4.69) is 73.2 Å². The number of halogens is 2. The zero-order chi connectivity index (χ0) is 14.7. The van der Waals surface area contributed by atoms with Gasteiger partial charge in [0.05, 0.1) is 0 Å². The first kappa shape index (κ1) is 15.1. The summed E-state index contributed by atoms with van der Waals surface area (Å²) >= 11 is 7.02. The van der Waals surface area contributed by atoms with Crippen molar-refractivity contribution in [1.82, 2.24) is 4.98 Å². The summed E-state index contributed by atoms with van der Waals surface area (Å²) in [5, 5.41) is 4.85. The third-order valence-corrected chi connectivity index (χ3v) is 5.05. The van der Waals surface area contributed by atoms with Crippen LogP contribution in [0.25, 0.3) is 21.8 Å². The molecule has 1 nitrogen and oxygen atoms in total. The quantitative estimate of drug-likeness (QED) is 0.483. The molecule has 1 N–H and O–H groups in total. The molecule has 0 amide bonds. The summed E-state index contributed by atoms with van der Waals surface area (Å²) in [6.07, 6.45) is 4.64. The molecule has 0 saturated heterocycles. The van der Waals surface area contributed by atoms with E-state index in [0.717, 1.165) is 23.5 Å². The molecule has 110 valence electrons. The van der Waals surface area contributed by atoms with E-state index in [9.17, 15) is 0 Å². The molecule has 0 aliphatic carbocycles. The van der Waals surface area contributed by atoms with E-state index in [1.54, 1.807) is 0 Å². The highest BCUT2D eigenvalue weighted by atomic mass is 79.9. The van der Waals surface area contributed by atoms with E-state index < -0.39 is 0 Å². The minimum Gasteiger partial charge on any atom is -0.355 e. The van der Waals surface area contributed by atoms with Crippen LogP contribution in [0.2, 0.25) is 0 Å². The van der Waals surface area contributed by atoms with E-state index in [4.69, 9.17) is 0 Å². The Morgan fingerprint density at radius 3 is 1.62 bits per heavy atom. The van der Waals surface area contributed by atoms with Crippen LogP contribution in [-0.2, 0) is 12.8 Å². The molecular formula is C18H19Br2N. The maximum Gasteiger partial charge on any atom is 0.0465 e. The molecule has 0 aliphatic rings. The molecule has 3 rings (SSSR count). The molecule has 2 aromatic carbocycles. The lowest BCUT2D eigenvalue weighted by atomic mass is 10.0. The van der Waals surface area contributed by atoms with Crippen LogP contribution < -0.4 is 0 Å². The maximum absolute atomic E-state index is 3.53. The van der Waals surface area contributed by atoms with Gasteiger partial charge in [0.2, 0.25) is 0 Å². The highest BCUT2D eigenvalue weighted by Gasteiger charge is 2.06. The molecule has 0 radical (unpaired) electrons. The zero-order valence-electron chi connectivity index (χ0n) is 12.0. The van der Waals surface area contributed by atoms with Crippen LogP contribution >= 0.6 is 31.9 Å². The second kappa shape index (κ2) is 6.97. The number of alkyl halides is 2. The smallest absolute Gasteiger partial charge is 0.0465 e. The van der Waals surface area contributed by atoms with Crippen LogP contribution in [0.5, 0.6) is 0 Å². The maximum atomic E-state index is 3.53. The number of rotatable bonds is 6. The molecule has 0 saturated carbocycles. The second-order valence-corrected chi connectivity index (χ2v) is 7.06. The predicted molar refractivity (Wildman–Crippen MR) is 100 cm³/mol. The van der Waals surface area contributed by atoms with Crippen LogP contribution in [0.3, 0.4) is 0 Å². The molecule has 3 aromatic rings. The fraction of sp³-hybridized carbons (Fsp3) is 0.333. The molecule has 1 heterocycles. The van der Waals surface area contributed by atoms with Gasteiger partial charge in [0.1, 0.15) is 0 Å². The Hall–Kier alpha value is -0.800. The van der Waals surface area contributed by atoms with Crippen LogP contribution in [0, 0.1) is 0 Å². The van der Waals surface area contributed by atoms with Gasteiger partial charge in [-0.2, -0.15) is 0 Å². The van der Waals surface area contributed by atoms with E-state index in [1.807, 2.05) is 0 Å². The Kier molecular flexibility index (Phi) is 5.02. The number of H-pyrrole nitrogens is 1. The molecule has 0 aliphatic heterocycles. The number of hydrogen-bond donors (Lipinski definition) is 1. The summed E-state index contributed by atoms with van der Waals surface area (Å²) in [5.41, 5.74) is 5.33. The molecule has 1 aromatic heterocycles. The number of nitrogens with one attached hydrogen (secondary N) is 1. The van der Waals surface area contributed by atoms with E-state index in [0.29, 0.717) is 0 Å². The molecule has 0 spiro atoms. The van der Waals surface area contributed by atoms with Crippen molar-refractivity contribution in [3.8, 4) is 0 Å². The van der Waals surface area contributed by atoms with Crippen molar-refractivity contribution in [2.75, 3.05) is 10.7 Å². The van der Waals surface area contributed by atoms with Gasteiger partial charge in [0, 0.05) is 32.5 Å². The summed E-state index contributed by atoms with van der Waals surface area (Å²) in [7, 11) is 0. The third kappa shape index (κ3) is 3.35. The van der Waals surface area contributed by atoms with Crippen LogP contribution in [-0.4, -0.2) is 15.6 Å². The van der Waals surface area contributed by atoms with Crippen molar-refractivity contribution in [2.24, 2.45) is 0 Å². The number of benzene rings is 2. The van der Waals surface area contributed by atoms with Crippen molar-refractivity contribution in [2.45, 2.75) is 25.7 Å². The van der Waals surface area contributed by atoms with E-state index >= 15 is 0 Å². The average molecular weight is 409 g/mol. The predicted octanol–water partition coefficient (Wildman–Crippen LogP) is 5.98. The molecule has 0 fully saturated rings. The topological polar surface area (TPSA) is 15.8 Å². The SMILES string of the molecule is BrCCCc1ccc2[nH]c3ccc(CCCBr)cc3c2c1. The van der Waals surface area contributed by atoms with Gasteiger partial charge in [0.25, 0.3) is 0 Å². The van der Waals surface area contributed by atoms with Gasteiger partial charge in [-0.25, -0.2) is 0 Å². The Bertz CT molecular complexity index is 683. The lowest BCUT2D eigenvalue weighted by molar-refractivity contribution is 0.941. The number of aryl methyl sites for hydroxylation is 2. The molecule has 0 atom stereocenters. The molecule has 3 heteroatoms.